The number of imidazole rings is 1. The van der Waals surface area contributed by atoms with Gasteiger partial charge in [-0.2, -0.15) is 9.97 Å². The first-order chi connectivity index (χ1) is 9.65. The first kappa shape index (κ1) is 12.4. The zero-order chi connectivity index (χ0) is 14.1. The molecule has 0 unspecified atom stereocenters. The van der Waals surface area contributed by atoms with Crippen molar-refractivity contribution < 1.29 is 4.74 Å². The molecule has 3 rings (SSSR count). The van der Waals surface area contributed by atoms with Crippen LogP contribution < -0.4 is 10.5 Å². The number of anilines is 1. The topological polar surface area (TPSA) is 78.8 Å². The third-order valence-electron chi connectivity index (χ3n) is 3.16. The summed E-state index contributed by atoms with van der Waals surface area (Å²) in [5, 5.41) is 0. The Morgan fingerprint density at radius 1 is 1.15 bits per heavy atom. The molecule has 0 aliphatic heterocycles. The van der Waals surface area contributed by atoms with Gasteiger partial charge < -0.3 is 15.0 Å². The number of aryl methyl sites for hydroxylation is 2. The van der Waals surface area contributed by atoms with Gasteiger partial charge in [-0.3, -0.25) is 0 Å². The lowest BCUT2D eigenvalue weighted by atomic mass is 10.2. The predicted molar refractivity (Wildman–Crippen MR) is 76.2 cm³/mol. The maximum atomic E-state index is 5.79. The van der Waals surface area contributed by atoms with Gasteiger partial charge in [-0.05, 0) is 12.5 Å². The van der Waals surface area contributed by atoms with Gasteiger partial charge in [-0.1, -0.05) is 30.3 Å². The molecule has 2 aromatic heterocycles. The second-order valence-electron chi connectivity index (χ2n) is 4.55. The summed E-state index contributed by atoms with van der Waals surface area (Å²) in [6.07, 6.45) is 0. The number of hydrogen-bond donors (Lipinski definition) is 1. The number of aromatic nitrogens is 4. The number of nitrogens with two attached hydrogens (primary N) is 1. The molecule has 0 aliphatic rings. The smallest absolute Gasteiger partial charge is 0.245 e. The van der Waals surface area contributed by atoms with Gasteiger partial charge in [-0.25, -0.2) is 4.98 Å². The van der Waals surface area contributed by atoms with Crippen molar-refractivity contribution in [2.75, 3.05) is 5.73 Å². The highest BCUT2D eigenvalue weighted by molar-refractivity contribution is 5.78. The number of nitrogen functional groups attached to an aromatic ring is 1. The van der Waals surface area contributed by atoms with E-state index in [4.69, 9.17) is 10.5 Å². The molecule has 0 saturated heterocycles. The van der Waals surface area contributed by atoms with Crippen LogP contribution in [0.5, 0.6) is 5.88 Å². The zero-order valence-corrected chi connectivity index (χ0v) is 11.4. The van der Waals surface area contributed by atoms with E-state index >= 15 is 0 Å². The standard InChI is InChI=1S/C14H15N5O/c1-9-16-12-11(19(9)2)13(18-14(15)17-12)20-8-10-6-4-3-5-7-10/h3-7H,8H2,1-2H3,(H2,15,17,18). The van der Waals surface area contributed by atoms with E-state index in [0.717, 1.165) is 16.9 Å². The molecule has 0 radical (unpaired) electrons. The third-order valence-corrected chi connectivity index (χ3v) is 3.16. The van der Waals surface area contributed by atoms with Crippen LogP contribution in [0.3, 0.4) is 0 Å². The molecule has 3 aromatic rings. The molecule has 6 nitrogen and oxygen atoms in total. The van der Waals surface area contributed by atoms with Crippen LogP contribution in [0.2, 0.25) is 0 Å². The molecule has 6 heteroatoms. The van der Waals surface area contributed by atoms with E-state index in [9.17, 15) is 0 Å². The molecule has 0 amide bonds. The van der Waals surface area contributed by atoms with Crippen molar-refractivity contribution in [2.45, 2.75) is 13.5 Å². The number of nitrogens with zero attached hydrogens (tertiary/aromatic N) is 4. The molecule has 0 fully saturated rings. The lowest BCUT2D eigenvalue weighted by Gasteiger charge is -2.08. The number of rotatable bonds is 3. The van der Waals surface area contributed by atoms with Gasteiger partial charge in [-0.15, -0.1) is 0 Å². The average Bonchev–Trinajstić information content (AvgIpc) is 2.72. The van der Waals surface area contributed by atoms with Crippen molar-refractivity contribution in [3.63, 3.8) is 0 Å². The van der Waals surface area contributed by atoms with Crippen molar-refractivity contribution >= 4 is 17.1 Å². The van der Waals surface area contributed by atoms with Gasteiger partial charge in [0.1, 0.15) is 12.4 Å². The van der Waals surface area contributed by atoms with Gasteiger partial charge in [0, 0.05) is 7.05 Å². The highest BCUT2D eigenvalue weighted by atomic mass is 16.5. The van der Waals surface area contributed by atoms with E-state index in [-0.39, 0.29) is 5.95 Å². The Morgan fingerprint density at radius 2 is 1.90 bits per heavy atom. The second-order valence-corrected chi connectivity index (χ2v) is 4.55. The van der Waals surface area contributed by atoms with Crippen molar-refractivity contribution in [3.8, 4) is 5.88 Å². The van der Waals surface area contributed by atoms with Crippen LogP contribution in [0.25, 0.3) is 11.2 Å². The van der Waals surface area contributed by atoms with Crippen molar-refractivity contribution in [3.05, 3.63) is 41.7 Å². The summed E-state index contributed by atoms with van der Waals surface area (Å²) < 4.78 is 7.69. The molecular formula is C14H15N5O. The Labute approximate surface area is 116 Å². The largest absolute Gasteiger partial charge is 0.471 e. The monoisotopic (exact) mass is 269 g/mol. The first-order valence-corrected chi connectivity index (χ1v) is 6.28. The first-order valence-electron chi connectivity index (χ1n) is 6.28. The van der Waals surface area contributed by atoms with Crippen LogP contribution in [-0.2, 0) is 13.7 Å². The number of benzene rings is 1. The molecule has 0 aliphatic carbocycles. The van der Waals surface area contributed by atoms with Gasteiger partial charge in [0.05, 0.1) is 0 Å². The molecule has 0 bridgehead atoms. The van der Waals surface area contributed by atoms with Crippen molar-refractivity contribution in [1.29, 1.82) is 0 Å². The lowest BCUT2D eigenvalue weighted by Crippen LogP contribution is -2.04. The molecule has 0 saturated carbocycles. The normalized spacial score (nSPS) is 10.9. The summed E-state index contributed by atoms with van der Waals surface area (Å²) >= 11 is 0. The molecule has 20 heavy (non-hydrogen) atoms. The summed E-state index contributed by atoms with van der Waals surface area (Å²) in [7, 11) is 1.90. The summed E-state index contributed by atoms with van der Waals surface area (Å²) in [5.74, 6) is 1.46. The van der Waals surface area contributed by atoms with E-state index in [1.54, 1.807) is 0 Å². The van der Waals surface area contributed by atoms with E-state index in [0.29, 0.717) is 18.1 Å². The summed E-state index contributed by atoms with van der Waals surface area (Å²) in [6, 6.07) is 9.90. The lowest BCUT2D eigenvalue weighted by molar-refractivity contribution is 0.297. The Balaban J connectivity index is 1.98. The minimum Gasteiger partial charge on any atom is -0.471 e. The molecule has 2 N–H and O–H groups in total. The second kappa shape index (κ2) is 4.80. The fraction of sp³-hybridized carbons (Fsp3) is 0.214. The van der Waals surface area contributed by atoms with Crippen molar-refractivity contribution in [1.82, 2.24) is 19.5 Å². The van der Waals surface area contributed by atoms with Crippen LogP contribution in [0.15, 0.2) is 30.3 Å². The number of hydrogen-bond acceptors (Lipinski definition) is 5. The Morgan fingerprint density at radius 3 is 2.65 bits per heavy atom. The highest BCUT2D eigenvalue weighted by Crippen LogP contribution is 2.24. The molecule has 2 heterocycles. The van der Waals surface area contributed by atoms with E-state index in [2.05, 4.69) is 15.0 Å². The van der Waals surface area contributed by atoms with Gasteiger partial charge in [0.2, 0.25) is 11.8 Å². The Hall–Kier alpha value is -2.63. The van der Waals surface area contributed by atoms with Crippen LogP contribution in [-0.4, -0.2) is 19.5 Å². The van der Waals surface area contributed by atoms with E-state index in [1.165, 1.54) is 0 Å². The van der Waals surface area contributed by atoms with E-state index < -0.39 is 0 Å². The summed E-state index contributed by atoms with van der Waals surface area (Å²) in [4.78, 5) is 12.6. The van der Waals surface area contributed by atoms with Gasteiger partial charge in [0.15, 0.2) is 11.2 Å². The summed E-state index contributed by atoms with van der Waals surface area (Å²) in [5.41, 5.74) is 8.08. The Bertz CT molecular complexity index is 751. The molecular weight excluding hydrogens is 254 g/mol. The molecule has 0 atom stereocenters. The van der Waals surface area contributed by atoms with Crippen molar-refractivity contribution in [2.24, 2.45) is 7.05 Å². The summed E-state index contributed by atoms with van der Waals surface area (Å²) in [6.45, 7) is 2.33. The zero-order valence-electron chi connectivity index (χ0n) is 11.4. The average molecular weight is 269 g/mol. The minimum absolute atomic E-state index is 0.165. The third kappa shape index (κ3) is 2.16. The Kier molecular flexibility index (Phi) is 2.98. The maximum Gasteiger partial charge on any atom is 0.245 e. The highest BCUT2D eigenvalue weighted by Gasteiger charge is 2.14. The van der Waals surface area contributed by atoms with Gasteiger partial charge in [0.25, 0.3) is 0 Å². The SMILES string of the molecule is Cc1nc2nc(N)nc(OCc3ccccc3)c2n1C. The fourth-order valence-electron chi connectivity index (χ4n) is 2.03. The van der Waals surface area contributed by atoms with Crippen LogP contribution in [0, 0.1) is 6.92 Å². The fourth-order valence-corrected chi connectivity index (χ4v) is 2.03. The number of fused-ring (bicyclic) bond motifs is 1. The predicted octanol–water partition coefficient (Wildman–Crippen LogP) is 1.83. The molecule has 0 spiro atoms. The van der Waals surface area contributed by atoms with Crippen LogP contribution >= 0.6 is 0 Å². The van der Waals surface area contributed by atoms with Gasteiger partial charge >= 0.3 is 0 Å². The molecule has 102 valence electrons. The van der Waals surface area contributed by atoms with Crippen LogP contribution in [0.1, 0.15) is 11.4 Å². The minimum atomic E-state index is 0.165. The molecule has 1 aromatic carbocycles. The maximum absolute atomic E-state index is 5.79. The van der Waals surface area contributed by atoms with E-state index in [1.807, 2.05) is 48.9 Å². The number of ether oxygens (including phenoxy) is 1. The quantitative estimate of drug-likeness (QED) is 0.784. The van der Waals surface area contributed by atoms with Crippen LogP contribution in [0.4, 0.5) is 5.95 Å².